The first kappa shape index (κ1) is 7.14. The molecule has 0 spiro atoms. The van der Waals surface area contributed by atoms with Gasteiger partial charge in [-0.05, 0) is 17.3 Å². The Kier molecular flexibility index (Phi) is 1.16. The summed E-state index contributed by atoms with van der Waals surface area (Å²) in [4.78, 5) is 0. The van der Waals surface area contributed by atoms with Crippen molar-refractivity contribution < 1.29 is 0 Å². The molecule has 1 heterocycles. The first-order valence-electron chi connectivity index (χ1n) is 4.36. The van der Waals surface area contributed by atoms with Crippen molar-refractivity contribution in [3.05, 3.63) is 0 Å². The summed E-state index contributed by atoms with van der Waals surface area (Å²) >= 11 is 0. The van der Waals surface area contributed by atoms with E-state index in [1.807, 2.05) is 0 Å². The van der Waals surface area contributed by atoms with Crippen LogP contribution in [0.15, 0.2) is 0 Å². The average molecular weight is 152 g/mol. The molecule has 0 amide bonds. The van der Waals surface area contributed by atoms with Crippen molar-refractivity contribution in [2.75, 3.05) is 0 Å². The third kappa shape index (κ3) is 0.883. The van der Waals surface area contributed by atoms with Crippen molar-refractivity contribution in [1.82, 2.24) is 5.32 Å². The molecule has 1 saturated carbocycles. The second-order valence-corrected chi connectivity index (χ2v) is 4.70. The van der Waals surface area contributed by atoms with E-state index in [9.17, 15) is 0 Å². The number of nitrogens with one attached hydrogen (secondary N) is 2. The fourth-order valence-electron chi connectivity index (χ4n) is 2.71. The van der Waals surface area contributed by atoms with Crippen molar-refractivity contribution in [1.29, 1.82) is 5.41 Å². The van der Waals surface area contributed by atoms with E-state index in [1.54, 1.807) is 0 Å². The summed E-state index contributed by atoms with van der Waals surface area (Å²) in [5, 5.41) is 10.8. The lowest BCUT2D eigenvalue weighted by molar-refractivity contribution is 0.285. The fourth-order valence-corrected chi connectivity index (χ4v) is 2.71. The quantitative estimate of drug-likeness (QED) is 0.543. The molecular weight excluding hydrogens is 136 g/mol. The van der Waals surface area contributed by atoms with Crippen LogP contribution < -0.4 is 5.32 Å². The van der Waals surface area contributed by atoms with Crippen molar-refractivity contribution in [2.45, 2.75) is 33.2 Å². The van der Waals surface area contributed by atoms with E-state index in [1.165, 1.54) is 0 Å². The number of hydrogen-bond donors (Lipinski definition) is 2. The van der Waals surface area contributed by atoms with Crippen molar-refractivity contribution in [3.8, 4) is 0 Å². The minimum absolute atomic E-state index is 0.367. The molecule has 0 aromatic carbocycles. The largest absolute Gasteiger partial charge is 0.371 e. The van der Waals surface area contributed by atoms with Crippen LogP contribution in [-0.4, -0.2) is 11.9 Å². The summed E-state index contributed by atoms with van der Waals surface area (Å²) in [5.41, 5.74) is 0.367. The molecule has 0 radical (unpaired) electrons. The highest BCUT2D eigenvalue weighted by Crippen LogP contribution is 2.54. The lowest BCUT2D eigenvalue weighted by Crippen LogP contribution is -2.38. The smallest absolute Gasteiger partial charge is 0.0939 e. The molecule has 2 heteroatoms. The molecule has 11 heavy (non-hydrogen) atoms. The monoisotopic (exact) mass is 152 g/mol. The maximum Gasteiger partial charge on any atom is 0.0939 e. The van der Waals surface area contributed by atoms with Gasteiger partial charge in [-0.1, -0.05) is 20.8 Å². The van der Waals surface area contributed by atoms with Crippen LogP contribution in [0.4, 0.5) is 0 Å². The summed E-state index contributed by atoms with van der Waals surface area (Å²) in [5.74, 6) is 2.34. The molecule has 2 aliphatic rings. The van der Waals surface area contributed by atoms with Crippen LogP contribution >= 0.6 is 0 Å². The Morgan fingerprint density at radius 3 is 2.73 bits per heavy atom. The zero-order valence-corrected chi connectivity index (χ0v) is 7.44. The Morgan fingerprint density at radius 1 is 1.55 bits per heavy atom. The van der Waals surface area contributed by atoms with Crippen LogP contribution in [0.25, 0.3) is 0 Å². The van der Waals surface area contributed by atoms with Gasteiger partial charge in [0.15, 0.2) is 0 Å². The van der Waals surface area contributed by atoms with Crippen molar-refractivity contribution >= 4 is 5.84 Å². The third-order valence-electron chi connectivity index (χ3n) is 3.25. The average Bonchev–Trinajstić information content (AvgIpc) is 2.39. The molecule has 3 atom stereocenters. The van der Waals surface area contributed by atoms with Gasteiger partial charge in [0, 0.05) is 12.5 Å². The Bertz CT molecular complexity index is 208. The van der Waals surface area contributed by atoms with Gasteiger partial charge in [-0.3, -0.25) is 5.41 Å². The van der Waals surface area contributed by atoms with Crippen LogP contribution in [0.5, 0.6) is 0 Å². The molecule has 0 bridgehead atoms. The highest BCUT2D eigenvalue weighted by atomic mass is 15.1. The van der Waals surface area contributed by atoms with Gasteiger partial charge in [-0.25, -0.2) is 0 Å². The normalized spacial score (nSPS) is 46.1. The van der Waals surface area contributed by atoms with Crippen LogP contribution in [0.1, 0.15) is 27.2 Å². The van der Waals surface area contributed by atoms with E-state index in [-0.39, 0.29) is 0 Å². The SMILES string of the molecule is CC1C2NC(=N)CC(C)(C)C12. The zero-order chi connectivity index (χ0) is 8.22. The molecule has 62 valence electrons. The molecule has 0 aromatic heterocycles. The molecule has 2 N–H and O–H groups in total. The predicted molar refractivity (Wildman–Crippen MR) is 45.7 cm³/mol. The van der Waals surface area contributed by atoms with Gasteiger partial charge in [0.2, 0.25) is 0 Å². The second kappa shape index (κ2) is 1.79. The first-order valence-corrected chi connectivity index (χ1v) is 4.36. The number of hydrogen-bond acceptors (Lipinski definition) is 1. The summed E-state index contributed by atoms with van der Waals surface area (Å²) in [6.45, 7) is 6.84. The number of piperidine rings is 1. The summed E-state index contributed by atoms with van der Waals surface area (Å²) in [6, 6.07) is 0.617. The maximum absolute atomic E-state index is 7.58. The number of fused-ring (bicyclic) bond motifs is 1. The van der Waals surface area contributed by atoms with E-state index >= 15 is 0 Å². The highest BCUT2D eigenvalue weighted by molar-refractivity contribution is 5.81. The van der Waals surface area contributed by atoms with Gasteiger partial charge >= 0.3 is 0 Å². The fraction of sp³-hybridized carbons (Fsp3) is 0.889. The standard InChI is InChI=1S/C9H16N2/c1-5-7-8(5)11-6(10)4-9(7,2)3/h5,7-8H,4H2,1-3H3,(H2,10,11). The lowest BCUT2D eigenvalue weighted by Gasteiger charge is -2.30. The molecule has 2 nitrogen and oxygen atoms in total. The summed E-state index contributed by atoms with van der Waals surface area (Å²) in [6.07, 6.45) is 0.929. The highest BCUT2D eigenvalue weighted by Gasteiger charge is 2.57. The van der Waals surface area contributed by atoms with Gasteiger partial charge in [0.25, 0.3) is 0 Å². The second-order valence-electron chi connectivity index (χ2n) is 4.70. The third-order valence-corrected chi connectivity index (χ3v) is 3.25. The Hall–Kier alpha value is -0.530. The van der Waals surface area contributed by atoms with Gasteiger partial charge < -0.3 is 5.32 Å². The lowest BCUT2D eigenvalue weighted by atomic mass is 9.80. The topological polar surface area (TPSA) is 35.9 Å². The van der Waals surface area contributed by atoms with Gasteiger partial charge in [-0.2, -0.15) is 0 Å². The molecule has 2 fully saturated rings. The molecule has 1 aliphatic heterocycles. The summed E-state index contributed by atoms with van der Waals surface area (Å²) < 4.78 is 0. The minimum Gasteiger partial charge on any atom is -0.371 e. The van der Waals surface area contributed by atoms with E-state index in [4.69, 9.17) is 5.41 Å². The minimum atomic E-state index is 0.367. The Balaban J connectivity index is 2.19. The molecule has 3 unspecified atom stereocenters. The van der Waals surface area contributed by atoms with Crippen LogP contribution in [0, 0.1) is 22.7 Å². The Labute approximate surface area is 67.9 Å². The molecule has 0 aromatic rings. The summed E-state index contributed by atoms with van der Waals surface area (Å²) in [7, 11) is 0. The van der Waals surface area contributed by atoms with E-state index in [0.29, 0.717) is 11.5 Å². The van der Waals surface area contributed by atoms with Crippen LogP contribution in [0.3, 0.4) is 0 Å². The van der Waals surface area contributed by atoms with E-state index in [0.717, 1.165) is 24.1 Å². The van der Waals surface area contributed by atoms with Crippen LogP contribution in [-0.2, 0) is 0 Å². The molecule has 1 aliphatic carbocycles. The van der Waals surface area contributed by atoms with Gasteiger partial charge in [-0.15, -0.1) is 0 Å². The van der Waals surface area contributed by atoms with Crippen LogP contribution in [0.2, 0.25) is 0 Å². The van der Waals surface area contributed by atoms with E-state index < -0.39 is 0 Å². The van der Waals surface area contributed by atoms with Crippen molar-refractivity contribution in [3.63, 3.8) is 0 Å². The van der Waals surface area contributed by atoms with E-state index in [2.05, 4.69) is 26.1 Å². The zero-order valence-electron chi connectivity index (χ0n) is 7.44. The molecule has 2 rings (SSSR count). The predicted octanol–water partition coefficient (Wildman–Crippen LogP) is 1.62. The van der Waals surface area contributed by atoms with Gasteiger partial charge in [0.1, 0.15) is 0 Å². The Morgan fingerprint density at radius 2 is 2.18 bits per heavy atom. The maximum atomic E-state index is 7.58. The molecule has 1 saturated heterocycles. The molecular formula is C9H16N2. The van der Waals surface area contributed by atoms with Gasteiger partial charge in [0.05, 0.1) is 5.84 Å². The number of amidine groups is 1. The van der Waals surface area contributed by atoms with Crippen molar-refractivity contribution in [2.24, 2.45) is 17.3 Å². The first-order chi connectivity index (χ1) is 5.02. The number of rotatable bonds is 0.